The quantitative estimate of drug-likeness (QED) is 0.370. The number of carboxylic acids is 1. The first-order chi connectivity index (χ1) is 20.4. The molecule has 1 heterocycles. The molecule has 1 aliphatic heterocycles. The largest absolute Gasteiger partial charge is 0.481 e. The third kappa shape index (κ3) is 4.64. The molecule has 0 radical (unpaired) electrons. The van der Waals surface area contributed by atoms with Crippen molar-refractivity contribution in [1.82, 2.24) is 15.5 Å². The molecule has 8 heteroatoms. The molecule has 216 valence electrons. The smallest absolute Gasteiger partial charge is 0.408 e. The van der Waals surface area contributed by atoms with E-state index in [-0.39, 0.29) is 30.4 Å². The van der Waals surface area contributed by atoms with Gasteiger partial charge in [-0.05, 0) is 59.4 Å². The van der Waals surface area contributed by atoms with Crippen LogP contribution < -0.4 is 10.6 Å². The Morgan fingerprint density at radius 2 is 1.57 bits per heavy atom. The van der Waals surface area contributed by atoms with Crippen LogP contribution in [0, 0.1) is 11.3 Å². The number of hydrogen-bond donors (Lipinski definition) is 3. The highest BCUT2D eigenvalue weighted by molar-refractivity contribution is 5.91. The number of carbonyl (C=O) groups excluding carboxylic acids is 2. The minimum atomic E-state index is -1.17. The van der Waals surface area contributed by atoms with E-state index < -0.39 is 23.0 Å². The van der Waals surface area contributed by atoms with Crippen LogP contribution in [0.15, 0.2) is 78.9 Å². The molecule has 1 unspecified atom stereocenters. The zero-order valence-corrected chi connectivity index (χ0v) is 23.4. The van der Waals surface area contributed by atoms with E-state index in [1.807, 2.05) is 42.5 Å². The standard InChI is InChI=1S/C34H35N3O5/c38-30(35-24-16-23-17-33(23,18-24)31(39)40)34(14-15-37(21-34)19-22-8-2-1-3-9-22)36-32(41)42-20-29-27-12-6-4-10-25(27)26-11-5-7-13-28(26)29/h1-13,23-24,29H,14-21H2,(H,35,38)(H,36,41)(H,39,40)/t23-,24+,33+,34?/m1/s1. The molecular weight excluding hydrogens is 530 g/mol. The molecule has 4 aliphatic rings. The minimum absolute atomic E-state index is 0.0801. The van der Waals surface area contributed by atoms with Crippen molar-refractivity contribution in [1.29, 1.82) is 0 Å². The van der Waals surface area contributed by atoms with Gasteiger partial charge in [-0.1, -0.05) is 78.9 Å². The highest BCUT2D eigenvalue weighted by atomic mass is 16.5. The summed E-state index contributed by atoms with van der Waals surface area (Å²) >= 11 is 0. The molecule has 8 nitrogen and oxygen atoms in total. The maximum Gasteiger partial charge on any atom is 0.408 e. The van der Waals surface area contributed by atoms with Crippen molar-refractivity contribution in [2.75, 3.05) is 19.7 Å². The average molecular weight is 566 g/mol. The van der Waals surface area contributed by atoms with E-state index in [1.165, 1.54) is 0 Å². The summed E-state index contributed by atoms with van der Waals surface area (Å²) in [5.41, 5.74) is 3.83. The molecule has 3 aromatic carbocycles. The summed E-state index contributed by atoms with van der Waals surface area (Å²) in [6, 6.07) is 26.2. The van der Waals surface area contributed by atoms with Crippen molar-refractivity contribution < 1.29 is 24.2 Å². The number of benzene rings is 3. The molecule has 0 bridgehead atoms. The number of alkyl carbamates (subject to hydrolysis) is 1. The van der Waals surface area contributed by atoms with Gasteiger partial charge < -0.3 is 20.5 Å². The fourth-order valence-electron chi connectivity index (χ4n) is 7.63. The Morgan fingerprint density at radius 3 is 2.24 bits per heavy atom. The summed E-state index contributed by atoms with van der Waals surface area (Å²) in [5, 5.41) is 15.8. The SMILES string of the molecule is O=C(NC1(C(=O)N[C@H]2C[C@@H]3C[C@]3(C(=O)O)C2)CCN(Cc2ccccc2)C1)OCC1c2ccccc2-c2ccccc21. The predicted octanol–water partition coefficient (Wildman–Crippen LogP) is 4.54. The number of nitrogens with zero attached hydrogens (tertiary/aromatic N) is 1. The molecule has 3 aromatic rings. The first-order valence-corrected chi connectivity index (χ1v) is 14.8. The van der Waals surface area contributed by atoms with Gasteiger partial charge in [-0.3, -0.25) is 14.5 Å². The normalized spacial score (nSPS) is 27.5. The Labute approximate surface area is 245 Å². The zero-order valence-electron chi connectivity index (χ0n) is 23.4. The monoisotopic (exact) mass is 565 g/mol. The Hall–Kier alpha value is -4.17. The Morgan fingerprint density at radius 1 is 0.905 bits per heavy atom. The summed E-state index contributed by atoms with van der Waals surface area (Å²) in [6.07, 6.45) is 1.60. The number of likely N-dealkylation sites (tertiary alicyclic amines) is 1. The van der Waals surface area contributed by atoms with Crippen molar-refractivity contribution in [3.8, 4) is 11.1 Å². The topological polar surface area (TPSA) is 108 Å². The molecule has 42 heavy (non-hydrogen) atoms. The van der Waals surface area contributed by atoms with Gasteiger partial charge in [-0.25, -0.2) is 4.79 Å². The molecular formula is C34H35N3O5. The second-order valence-corrected chi connectivity index (χ2v) is 12.5. The summed E-state index contributed by atoms with van der Waals surface area (Å²) < 4.78 is 5.85. The lowest BCUT2D eigenvalue weighted by Gasteiger charge is -2.31. The molecule has 3 N–H and O–H groups in total. The molecule has 0 spiro atoms. The Kier molecular flexibility index (Phi) is 6.54. The number of fused-ring (bicyclic) bond motifs is 4. The van der Waals surface area contributed by atoms with Crippen LogP contribution >= 0.6 is 0 Å². The van der Waals surface area contributed by atoms with E-state index in [0.717, 1.165) is 27.8 Å². The van der Waals surface area contributed by atoms with E-state index >= 15 is 0 Å². The van der Waals surface area contributed by atoms with Crippen LogP contribution in [0.2, 0.25) is 0 Å². The molecule has 3 fully saturated rings. The number of aliphatic carboxylic acids is 1. The lowest BCUT2D eigenvalue weighted by Crippen LogP contribution is -2.61. The number of amides is 2. The number of carbonyl (C=O) groups is 3. The first kappa shape index (κ1) is 26.7. The van der Waals surface area contributed by atoms with E-state index in [2.05, 4.69) is 51.9 Å². The van der Waals surface area contributed by atoms with Crippen molar-refractivity contribution in [2.45, 2.75) is 49.7 Å². The van der Waals surface area contributed by atoms with E-state index in [9.17, 15) is 19.5 Å². The fourth-order valence-corrected chi connectivity index (χ4v) is 7.63. The second kappa shape index (κ2) is 10.3. The maximum atomic E-state index is 13.9. The number of nitrogens with one attached hydrogen (secondary N) is 2. The van der Waals surface area contributed by atoms with Crippen molar-refractivity contribution >= 4 is 18.0 Å². The van der Waals surface area contributed by atoms with Crippen molar-refractivity contribution in [2.24, 2.45) is 11.3 Å². The second-order valence-electron chi connectivity index (χ2n) is 12.5. The number of rotatable bonds is 8. The molecule has 2 saturated carbocycles. The third-order valence-corrected chi connectivity index (χ3v) is 9.89. The number of hydrogen-bond acceptors (Lipinski definition) is 5. The van der Waals surface area contributed by atoms with Crippen LogP contribution in [-0.2, 0) is 20.9 Å². The lowest BCUT2D eigenvalue weighted by atomic mass is 9.95. The van der Waals surface area contributed by atoms with E-state index in [4.69, 9.17) is 4.74 Å². The van der Waals surface area contributed by atoms with Gasteiger partial charge in [0, 0.05) is 31.6 Å². The molecule has 2 amide bonds. The Bertz CT molecular complexity index is 1500. The van der Waals surface area contributed by atoms with Gasteiger partial charge in [0.2, 0.25) is 5.91 Å². The van der Waals surface area contributed by atoms with Gasteiger partial charge in [-0.15, -0.1) is 0 Å². The van der Waals surface area contributed by atoms with Crippen LogP contribution in [0.25, 0.3) is 11.1 Å². The van der Waals surface area contributed by atoms with Crippen LogP contribution in [-0.4, -0.2) is 59.3 Å². The number of carboxylic acid groups (broad SMARTS) is 1. The average Bonchev–Trinajstić information content (AvgIpc) is 3.25. The predicted molar refractivity (Wildman–Crippen MR) is 157 cm³/mol. The van der Waals surface area contributed by atoms with Gasteiger partial charge in [0.15, 0.2) is 0 Å². The maximum absolute atomic E-state index is 13.9. The zero-order chi connectivity index (χ0) is 28.9. The van der Waals surface area contributed by atoms with Gasteiger partial charge in [0.05, 0.1) is 5.41 Å². The van der Waals surface area contributed by atoms with Crippen LogP contribution in [0.4, 0.5) is 4.79 Å². The van der Waals surface area contributed by atoms with Crippen LogP contribution in [0.3, 0.4) is 0 Å². The van der Waals surface area contributed by atoms with E-state index in [1.54, 1.807) is 0 Å². The van der Waals surface area contributed by atoms with Crippen molar-refractivity contribution in [3.63, 3.8) is 0 Å². The minimum Gasteiger partial charge on any atom is -0.481 e. The summed E-state index contributed by atoms with van der Waals surface area (Å²) in [6.45, 7) is 1.81. The molecule has 7 rings (SSSR count). The first-order valence-electron chi connectivity index (χ1n) is 14.8. The van der Waals surface area contributed by atoms with Gasteiger partial charge >= 0.3 is 12.1 Å². The highest BCUT2D eigenvalue weighted by Crippen LogP contribution is 2.63. The third-order valence-electron chi connectivity index (χ3n) is 9.89. The molecule has 3 aliphatic carbocycles. The molecule has 0 aromatic heterocycles. The van der Waals surface area contributed by atoms with Gasteiger partial charge in [0.1, 0.15) is 12.1 Å². The van der Waals surface area contributed by atoms with Gasteiger partial charge in [-0.2, -0.15) is 0 Å². The van der Waals surface area contributed by atoms with Crippen LogP contribution in [0.5, 0.6) is 0 Å². The molecule has 4 atom stereocenters. The Balaban J connectivity index is 1.06. The van der Waals surface area contributed by atoms with E-state index in [0.29, 0.717) is 45.3 Å². The van der Waals surface area contributed by atoms with Crippen LogP contribution in [0.1, 0.15) is 48.3 Å². The summed E-state index contributed by atoms with van der Waals surface area (Å²) in [4.78, 5) is 41.3. The lowest BCUT2D eigenvalue weighted by molar-refractivity contribution is -0.144. The van der Waals surface area contributed by atoms with Gasteiger partial charge in [0.25, 0.3) is 0 Å². The summed E-state index contributed by atoms with van der Waals surface area (Å²) in [7, 11) is 0. The van der Waals surface area contributed by atoms with Crippen molar-refractivity contribution in [3.05, 3.63) is 95.6 Å². The number of ether oxygens (including phenoxy) is 1. The fraction of sp³-hybridized carbons (Fsp3) is 0.382. The summed E-state index contributed by atoms with van der Waals surface area (Å²) in [5.74, 6) is -1.00. The molecule has 1 saturated heterocycles. The highest BCUT2D eigenvalue weighted by Gasteiger charge is 2.66.